The van der Waals surface area contributed by atoms with Crippen molar-refractivity contribution >= 4 is 41.6 Å². The second-order valence-corrected chi connectivity index (χ2v) is 13.9. The molecule has 2 aliphatic rings. The van der Waals surface area contributed by atoms with Gasteiger partial charge in [-0.05, 0) is 38.2 Å². The number of rotatable bonds is 20. The van der Waals surface area contributed by atoms with Crippen LogP contribution in [0.3, 0.4) is 0 Å². The van der Waals surface area contributed by atoms with Gasteiger partial charge in [0, 0.05) is 45.1 Å². The first-order valence-corrected chi connectivity index (χ1v) is 19.1. The molecular formula is C42H52N4O14. The highest BCUT2D eigenvalue weighted by Crippen LogP contribution is 2.38. The van der Waals surface area contributed by atoms with Crippen molar-refractivity contribution < 1.29 is 66.7 Å². The van der Waals surface area contributed by atoms with Gasteiger partial charge in [-0.1, -0.05) is 37.0 Å². The fourth-order valence-corrected chi connectivity index (χ4v) is 6.58. The van der Waals surface area contributed by atoms with E-state index in [1.54, 1.807) is 0 Å². The summed E-state index contributed by atoms with van der Waals surface area (Å²) < 4.78 is 43.8. The number of amides is 4. The largest absolute Gasteiger partial charge is 0.493 e. The maximum absolute atomic E-state index is 13.9. The molecule has 2 saturated heterocycles. The number of nitrogens with zero attached hydrogens (tertiary/aromatic N) is 2. The molecule has 0 aromatic heterocycles. The number of hydrogen-bond donors (Lipinski definition) is 2. The van der Waals surface area contributed by atoms with Crippen molar-refractivity contribution in [2.45, 2.75) is 58.0 Å². The van der Waals surface area contributed by atoms with Crippen LogP contribution in [0.25, 0.3) is 0 Å². The smallest absolute Gasteiger partial charge is 0.411 e. The van der Waals surface area contributed by atoms with Gasteiger partial charge in [0.25, 0.3) is 11.8 Å². The number of benzene rings is 2. The Hall–Kier alpha value is -6.72. The predicted octanol–water partition coefficient (Wildman–Crippen LogP) is 5.19. The maximum Gasteiger partial charge on any atom is 0.411 e. The average Bonchev–Trinajstić information content (AvgIpc) is 3.78. The third-order valence-electron chi connectivity index (χ3n) is 9.31. The summed E-state index contributed by atoms with van der Waals surface area (Å²) in [6, 6.07) is 4.76. The van der Waals surface area contributed by atoms with Gasteiger partial charge in [0.15, 0.2) is 23.0 Å². The summed E-state index contributed by atoms with van der Waals surface area (Å²) >= 11 is 0. The topological polar surface area (TPSA) is 221 Å². The first-order valence-electron chi connectivity index (χ1n) is 19.1. The van der Waals surface area contributed by atoms with Crippen LogP contribution < -0.4 is 34.7 Å². The van der Waals surface area contributed by atoms with Crippen molar-refractivity contribution in [1.82, 2.24) is 9.80 Å². The maximum atomic E-state index is 13.9. The van der Waals surface area contributed by atoms with Crippen molar-refractivity contribution in [2.24, 2.45) is 5.73 Å². The molecule has 0 spiro atoms. The molecule has 0 saturated carbocycles. The van der Waals surface area contributed by atoms with Crippen LogP contribution in [0.4, 0.5) is 15.3 Å². The molecule has 4 rings (SSSR count). The Morgan fingerprint density at radius 3 is 1.70 bits per heavy atom. The quantitative estimate of drug-likeness (QED) is 0.0759. The average molecular weight is 837 g/mol. The van der Waals surface area contributed by atoms with Crippen LogP contribution in [0, 0.1) is 0 Å². The number of nitrogens with one attached hydrogen (secondary N) is 1. The summed E-state index contributed by atoms with van der Waals surface area (Å²) in [6.45, 7) is 14.8. The number of nitrogens with two attached hydrogens (primary N) is 1. The van der Waals surface area contributed by atoms with Crippen molar-refractivity contribution in [3.8, 4) is 28.7 Å². The van der Waals surface area contributed by atoms with E-state index in [-0.39, 0.29) is 91.7 Å². The molecule has 0 bridgehead atoms. The van der Waals surface area contributed by atoms with E-state index >= 15 is 0 Å². The lowest BCUT2D eigenvalue weighted by Crippen LogP contribution is -2.39. The molecular weight excluding hydrogens is 784 g/mol. The van der Waals surface area contributed by atoms with E-state index in [1.165, 1.54) is 68.2 Å². The fourth-order valence-electron chi connectivity index (χ4n) is 6.58. The molecule has 60 heavy (non-hydrogen) atoms. The zero-order valence-corrected chi connectivity index (χ0v) is 34.3. The van der Waals surface area contributed by atoms with E-state index < -0.39 is 48.0 Å². The molecule has 0 aliphatic carbocycles. The van der Waals surface area contributed by atoms with E-state index in [9.17, 15) is 28.8 Å². The third kappa shape index (κ3) is 12.6. The molecule has 0 radical (unpaired) electrons. The van der Waals surface area contributed by atoms with Crippen molar-refractivity contribution in [2.75, 3.05) is 65.7 Å². The summed E-state index contributed by atoms with van der Waals surface area (Å²) in [5.74, 6) is -1.18. The molecule has 2 unspecified atom stereocenters. The van der Waals surface area contributed by atoms with E-state index in [2.05, 4.69) is 25.1 Å². The second-order valence-electron chi connectivity index (χ2n) is 13.9. The van der Waals surface area contributed by atoms with Gasteiger partial charge in [-0.25, -0.2) is 9.59 Å². The van der Waals surface area contributed by atoms with Crippen LogP contribution in [0.1, 0.15) is 66.7 Å². The molecule has 18 nitrogen and oxygen atoms in total. The number of esters is 2. The predicted molar refractivity (Wildman–Crippen MR) is 217 cm³/mol. The number of ether oxygens (including phenoxy) is 8. The highest BCUT2D eigenvalue weighted by Gasteiger charge is 2.36. The number of carbonyl (C=O) groups is 6. The summed E-state index contributed by atoms with van der Waals surface area (Å²) in [5.41, 5.74) is 7.07. The van der Waals surface area contributed by atoms with Gasteiger partial charge >= 0.3 is 24.1 Å². The summed E-state index contributed by atoms with van der Waals surface area (Å²) in [5, 5.41) is 2.61. The van der Waals surface area contributed by atoms with Gasteiger partial charge < -0.3 is 53.4 Å². The Morgan fingerprint density at radius 2 is 1.22 bits per heavy atom. The monoisotopic (exact) mass is 836 g/mol. The number of unbranched alkanes of at least 4 members (excludes halogenated alkanes) is 2. The Bertz CT molecular complexity index is 1980. The third-order valence-corrected chi connectivity index (χ3v) is 9.31. The van der Waals surface area contributed by atoms with Crippen LogP contribution >= 0.6 is 0 Å². The molecule has 2 aromatic carbocycles. The summed E-state index contributed by atoms with van der Waals surface area (Å²) in [7, 11) is 2.82. The Labute approximate surface area is 348 Å². The Balaban J connectivity index is 1.42. The number of likely N-dealkylation sites (tertiary alicyclic amines) is 2. The van der Waals surface area contributed by atoms with Crippen LogP contribution in [0.5, 0.6) is 28.7 Å². The number of carbonyl (C=O) groups excluding carboxylic acids is 6. The summed E-state index contributed by atoms with van der Waals surface area (Å²) in [6.07, 6.45) is 2.05. The highest BCUT2D eigenvalue weighted by atomic mass is 16.6. The first-order chi connectivity index (χ1) is 28.6. The molecule has 2 atom stereocenters. The molecule has 2 aromatic rings. The van der Waals surface area contributed by atoms with Gasteiger partial charge in [-0.2, -0.15) is 0 Å². The zero-order valence-electron chi connectivity index (χ0n) is 34.3. The Kier molecular flexibility index (Phi) is 16.8. The van der Waals surface area contributed by atoms with Crippen molar-refractivity contribution in [3.63, 3.8) is 0 Å². The SMILES string of the molecule is C=CCOC(=O)Nc1cc(OCCCCCOc2cc(OC(N)=O)c(C(=O)N3CC(=C)CC3COC(C)=O)cc2OC)c(OC)cc1C(=O)N1CC(=C)CC1COC(C)=O. The lowest BCUT2D eigenvalue weighted by molar-refractivity contribution is -0.143. The molecule has 2 aliphatic heterocycles. The zero-order chi connectivity index (χ0) is 43.9. The van der Waals surface area contributed by atoms with E-state index in [4.69, 9.17) is 43.6 Å². The standard InChI is InChI=1S/C42H52N4O14/c1-8-12-57-42(52)44-33-19-37(35(53-6)17-31(33)39(49)45-21-25(2)15-29(45)23-58-27(4)47)55-13-10-9-11-14-56-38-20-34(60-41(43)51)32(18-36(38)54-7)40(50)46-22-26(3)16-30(46)24-59-28(5)48/h8,17-20,29-30H,1-3,9-16,21-24H2,4-7H3,(H2,43,51)(H,44,52). The molecule has 4 amide bonds. The lowest BCUT2D eigenvalue weighted by atomic mass is 10.1. The van der Waals surface area contributed by atoms with Crippen LogP contribution in [-0.4, -0.2) is 118 Å². The highest BCUT2D eigenvalue weighted by molar-refractivity contribution is 6.04. The van der Waals surface area contributed by atoms with Gasteiger partial charge in [-0.3, -0.25) is 24.5 Å². The molecule has 3 N–H and O–H groups in total. The normalized spacial score (nSPS) is 15.8. The second kappa shape index (κ2) is 21.9. The van der Waals surface area contributed by atoms with Gasteiger partial charge in [-0.15, -0.1) is 0 Å². The fraction of sp³-hybridized carbons (Fsp3) is 0.429. The van der Waals surface area contributed by atoms with Crippen molar-refractivity contribution in [1.29, 1.82) is 0 Å². The molecule has 18 heteroatoms. The van der Waals surface area contributed by atoms with Gasteiger partial charge in [0.05, 0.1) is 56.3 Å². The molecule has 2 heterocycles. The number of primary amides is 1. The minimum atomic E-state index is -1.14. The van der Waals surface area contributed by atoms with Crippen molar-refractivity contribution in [3.05, 3.63) is 72.4 Å². The van der Waals surface area contributed by atoms with Gasteiger partial charge in [0.1, 0.15) is 25.6 Å². The van der Waals surface area contributed by atoms with Crippen LogP contribution in [0.2, 0.25) is 0 Å². The molecule has 324 valence electrons. The van der Waals surface area contributed by atoms with Crippen LogP contribution in [-0.2, 0) is 23.8 Å². The first kappa shape index (κ1) is 46.0. The van der Waals surface area contributed by atoms with E-state index in [1.807, 2.05) is 0 Å². The summed E-state index contributed by atoms with van der Waals surface area (Å²) in [4.78, 5) is 78.1. The van der Waals surface area contributed by atoms with E-state index in [0.717, 1.165) is 11.1 Å². The number of hydrogen-bond acceptors (Lipinski definition) is 14. The Morgan fingerprint density at radius 1 is 0.717 bits per heavy atom. The lowest BCUT2D eigenvalue weighted by Gasteiger charge is -2.25. The van der Waals surface area contributed by atoms with E-state index in [0.29, 0.717) is 32.1 Å². The minimum Gasteiger partial charge on any atom is -0.493 e. The number of anilines is 1. The number of methoxy groups -OCH3 is 2. The van der Waals surface area contributed by atoms with Crippen LogP contribution in [0.15, 0.2) is 61.2 Å². The van der Waals surface area contributed by atoms with Gasteiger partial charge in [0.2, 0.25) is 0 Å². The minimum absolute atomic E-state index is 0.0112. The molecule has 2 fully saturated rings.